The number of nitrogens with zero attached hydrogens (tertiary/aromatic N) is 1. The zero-order chi connectivity index (χ0) is 9.26. The van der Waals surface area contributed by atoms with Crippen molar-refractivity contribution in [3.05, 3.63) is 36.2 Å². The molecule has 3 heteroatoms. The predicted octanol–water partition coefficient (Wildman–Crippen LogP) is 2.51. The van der Waals surface area contributed by atoms with E-state index < -0.39 is 0 Å². The van der Waals surface area contributed by atoms with Crippen molar-refractivity contribution in [1.82, 2.24) is 4.98 Å². The average molecular weight is 190 g/mol. The minimum absolute atomic E-state index is 1.05. The molecule has 0 amide bonds. The third kappa shape index (κ3) is 1.53. The summed E-state index contributed by atoms with van der Waals surface area (Å²) in [5, 5.41) is 7.88. The number of hydrogen-bond acceptors (Lipinski definition) is 3. The highest BCUT2D eigenvalue weighted by molar-refractivity contribution is 7.97. The molecule has 0 radical (unpaired) electrons. The van der Waals surface area contributed by atoms with Crippen molar-refractivity contribution < 1.29 is 0 Å². The minimum atomic E-state index is 1.05. The van der Waals surface area contributed by atoms with Crippen LogP contribution in [0.15, 0.2) is 35.4 Å². The van der Waals surface area contributed by atoms with E-state index in [1.807, 2.05) is 25.3 Å². The lowest BCUT2D eigenvalue weighted by Gasteiger charge is -2.02. The second-order valence-electron chi connectivity index (χ2n) is 2.90. The van der Waals surface area contributed by atoms with Gasteiger partial charge in [0.25, 0.3) is 0 Å². The van der Waals surface area contributed by atoms with Crippen LogP contribution in [0.4, 0.5) is 0 Å². The number of nitrogens with two attached hydrogens (primary N) is 1. The summed E-state index contributed by atoms with van der Waals surface area (Å²) in [4.78, 5) is 5.31. The Morgan fingerprint density at radius 1 is 1.31 bits per heavy atom. The standard InChI is InChI=1S/C10H10N2S/c1-7-10-6-9(13-11)3-2-8(10)4-5-12-7/h2-6H,11H2,1H3. The quantitative estimate of drug-likeness (QED) is 0.702. The molecule has 1 aromatic carbocycles. The van der Waals surface area contributed by atoms with Gasteiger partial charge in [0.05, 0.1) is 0 Å². The second kappa shape index (κ2) is 3.36. The summed E-state index contributed by atoms with van der Waals surface area (Å²) in [5.41, 5.74) is 1.05. The molecule has 66 valence electrons. The van der Waals surface area contributed by atoms with E-state index in [-0.39, 0.29) is 0 Å². The van der Waals surface area contributed by atoms with Crippen molar-refractivity contribution in [2.45, 2.75) is 11.8 Å². The van der Waals surface area contributed by atoms with E-state index in [0.717, 1.165) is 10.6 Å². The number of pyridine rings is 1. The Morgan fingerprint density at radius 3 is 2.92 bits per heavy atom. The average Bonchev–Trinajstić information content (AvgIpc) is 2.18. The molecule has 0 bridgehead atoms. The van der Waals surface area contributed by atoms with Gasteiger partial charge < -0.3 is 0 Å². The molecule has 0 saturated heterocycles. The first-order valence-corrected chi connectivity index (χ1v) is 4.91. The van der Waals surface area contributed by atoms with Crippen LogP contribution in [0.2, 0.25) is 0 Å². The van der Waals surface area contributed by atoms with Gasteiger partial charge >= 0.3 is 0 Å². The van der Waals surface area contributed by atoms with Crippen molar-refractivity contribution >= 4 is 22.7 Å². The van der Waals surface area contributed by atoms with Gasteiger partial charge in [-0.15, -0.1) is 0 Å². The van der Waals surface area contributed by atoms with Crippen LogP contribution in [0.1, 0.15) is 5.69 Å². The summed E-state index contributed by atoms with van der Waals surface area (Å²) in [6.45, 7) is 2.01. The lowest BCUT2D eigenvalue weighted by atomic mass is 10.1. The molecule has 2 aromatic rings. The van der Waals surface area contributed by atoms with Crippen LogP contribution in [0.3, 0.4) is 0 Å². The molecule has 0 saturated carbocycles. The van der Waals surface area contributed by atoms with E-state index in [2.05, 4.69) is 17.1 Å². The van der Waals surface area contributed by atoms with Crippen molar-refractivity contribution in [3.63, 3.8) is 0 Å². The summed E-state index contributed by atoms with van der Waals surface area (Å²) in [7, 11) is 0. The second-order valence-corrected chi connectivity index (χ2v) is 3.60. The monoisotopic (exact) mass is 190 g/mol. The highest BCUT2D eigenvalue weighted by Crippen LogP contribution is 2.21. The van der Waals surface area contributed by atoms with Gasteiger partial charge in [-0.05, 0) is 42.5 Å². The van der Waals surface area contributed by atoms with Gasteiger partial charge in [0.1, 0.15) is 0 Å². The summed E-state index contributed by atoms with van der Waals surface area (Å²) in [6, 6.07) is 8.17. The fourth-order valence-electron chi connectivity index (χ4n) is 1.37. The van der Waals surface area contributed by atoms with Gasteiger partial charge in [-0.3, -0.25) is 10.1 Å². The number of benzene rings is 1. The van der Waals surface area contributed by atoms with Crippen LogP contribution in [0, 0.1) is 6.92 Å². The Hall–Kier alpha value is -1.06. The molecular weight excluding hydrogens is 180 g/mol. The van der Waals surface area contributed by atoms with Crippen LogP contribution in [0.25, 0.3) is 10.8 Å². The molecule has 1 aromatic heterocycles. The fraction of sp³-hybridized carbons (Fsp3) is 0.100. The molecular formula is C10H10N2S. The Morgan fingerprint density at radius 2 is 2.15 bits per heavy atom. The molecule has 2 nitrogen and oxygen atoms in total. The summed E-state index contributed by atoms with van der Waals surface area (Å²) in [6.07, 6.45) is 1.83. The van der Waals surface area contributed by atoms with Crippen LogP contribution in [0.5, 0.6) is 0 Å². The van der Waals surface area contributed by atoms with Crippen LogP contribution < -0.4 is 5.14 Å². The summed E-state index contributed by atoms with van der Waals surface area (Å²) < 4.78 is 0. The van der Waals surface area contributed by atoms with Gasteiger partial charge in [-0.2, -0.15) is 0 Å². The first kappa shape index (κ1) is 8.53. The van der Waals surface area contributed by atoms with E-state index >= 15 is 0 Å². The zero-order valence-electron chi connectivity index (χ0n) is 7.32. The van der Waals surface area contributed by atoms with Crippen molar-refractivity contribution in [3.8, 4) is 0 Å². The highest BCUT2D eigenvalue weighted by atomic mass is 32.2. The molecule has 0 fully saturated rings. The molecule has 1 heterocycles. The van der Waals surface area contributed by atoms with Gasteiger partial charge in [-0.1, -0.05) is 6.07 Å². The third-order valence-corrected chi connectivity index (χ3v) is 2.60. The van der Waals surface area contributed by atoms with Gasteiger partial charge in [0, 0.05) is 22.2 Å². The Bertz CT molecular complexity index is 440. The number of rotatable bonds is 1. The molecule has 0 spiro atoms. The summed E-state index contributed by atoms with van der Waals surface area (Å²) in [5.74, 6) is 0. The Labute approximate surface area is 81.3 Å². The molecule has 0 aliphatic rings. The van der Waals surface area contributed by atoms with Crippen molar-refractivity contribution in [2.75, 3.05) is 0 Å². The highest BCUT2D eigenvalue weighted by Gasteiger charge is 1.98. The maximum atomic E-state index is 5.49. The normalized spacial score (nSPS) is 10.6. The number of aromatic nitrogens is 1. The first-order chi connectivity index (χ1) is 6.31. The fourth-order valence-corrected chi connectivity index (χ4v) is 1.70. The molecule has 0 unspecified atom stereocenters. The molecule has 2 N–H and O–H groups in total. The molecule has 2 rings (SSSR count). The van der Waals surface area contributed by atoms with Crippen LogP contribution in [-0.2, 0) is 0 Å². The van der Waals surface area contributed by atoms with E-state index in [4.69, 9.17) is 5.14 Å². The lowest BCUT2D eigenvalue weighted by Crippen LogP contribution is -1.85. The van der Waals surface area contributed by atoms with E-state index in [0.29, 0.717) is 0 Å². The van der Waals surface area contributed by atoms with Crippen LogP contribution in [-0.4, -0.2) is 4.98 Å². The number of hydrogen-bond donors (Lipinski definition) is 1. The molecule has 0 atom stereocenters. The summed E-state index contributed by atoms with van der Waals surface area (Å²) >= 11 is 1.26. The maximum absolute atomic E-state index is 5.49. The molecule has 0 aliphatic heterocycles. The van der Waals surface area contributed by atoms with Crippen molar-refractivity contribution in [2.24, 2.45) is 5.14 Å². The largest absolute Gasteiger partial charge is 0.274 e. The SMILES string of the molecule is Cc1nccc2ccc(SN)cc12. The third-order valence-electron chi connectivity index (χ3n) is 2.07. The van der Waals surface area contributed by atoms with Gasteiger partial charge in [-0.25, -0.2) is 0 Å². The van der Waals surface area contributed by atoms with E-state index in [9.17, 15) is 0 Å². The minimum Gasteiger partial charge on any atom is -0.274 e. The topological polar surface area (TPSA) is 38.9 Å². The first-order valence-electron chi connectivity index (χ1n) is 4.03. The number of aryl methyl sites for hydroxylation is 1. The number of fused-ring (bicyclic) bond motifs is 1. The predicted molar refractivity (Wildman–Crippen MR) is 56.5 cm³/mol. The van der Waals surface area contributed by atoms with Gasteiger partial charge in [0.15, 0.2) is 0 Å². The van der Waals surface area contributed by atoms with E-state index in [1.165, 1.54) is 22.7 Å². The molecule has 0 aliphatic carbocycles. The lowest BCUT2D eigenvalue weighted by molar-refractivity contribution is 1.23. The Kier molecular flexibility index (Phi) is 2.20. The van der Waals surface area contributed by atoms with Crippen molar-refractivity contribution in [1.29, 1.82) is 0 Å². The maximum Gasteiger partial charge on any atom is 0.0451 e. The van der Waals surface area contributed by atoms with E-state index in [1.54, 1.807) is 0 Å². The molecule has 13 heavy (non-hydrogen) atoms. The van der Waals surface area contributed by atoms with Gasteiger partial charge in [0.2, 0.25) is 0 Å². The van der Waals surface area contributed by atoms with Crippen LogP contribution >= 0.6 is 11.9 Å². The zero-order valence-corrected chi connectivity index (χ0v) is 8.14. The smallest absolute Gasteiger partial charge is 0.0451 e. The Balaban J connectivity index is 2.74.